The summed E-state index contributed by atoms with van der Waals surface area (Å²) in [6.07, 6.45) is 3.66. The number of halogens is 1. The second-order valence-electron chi connectivity index (χ2n) is 2.09. The summed E-state index contributed by atoms with van der Waals surface area (Å²) in [5.74, 6) is 1.02. The molecule has 1 aromatic rings. The Balaban J connectivity index is 2.97. The highest BCUT2D eigenvalue weighted by molar-refractivity contribution is 7.80. The Morgan fingerprint density at radius 3 is 3.00 bits per heavy atom. The van der Waals surface area contributed by atoms with Crippen LogP contribution >= 0.6 is 24.2 Å². The number of aromatic nitrogens is 2. The molecule has 0 aliphatic carbocycles. The van der Waals surface area contributed by atoms with E-state index in [4.69, 9.17) is 17.3 Å². The van der Waals surface area contributed by atoms with E-state index in [-0.39, 0.29) is 0 Å². The van der Waals surface area contributed by atoms with Gasteiger partial charge in [-0.2, -0.15) is 12.6 Å². The van der Waals surface area contributed by atoms with Gasteiger partial charge in [-0.05, 0) is 6.07 Å². The smallest absolute Gasteiger partial charge is 0.153 e. The standard InChI is InChI=1S/C7H8ClN3S/c8-6-4-5(2-1-3-12)7(9)11-10-6/h1-2,4,12H,3H2,(H2,9,11). The van der Waals surface area contributed by atoms with Gasteiger partial charge in [-0.25, -0.2) is 0 Å². The zero-order valence-corrected chi connectivity index (χ0v) is 7.89. The topological polar surface area (TPSA) is 51.8 Å². The van der Waals surface area contributed by atoms with Crippen molar-refractivity contribution in [2.45, 2.75) is 0 Å². The molecule has 1 aromatic heterocycles. The molecule has 0 atom stereocenters. The minimum absolute atomic E-state index is 0.336. The predicted molar refractivity (Wildman–Crippen MR) is 54.3 cm³/mol. The molecule has 0 bridgehead atoms. The fourth-order valence-electron chi connectivity index (χ4n) is 0.704. The SMILES string of the molecule is Nc1nnc(Cl)cc1C=CCS. The third-order valence-electron chi connectivity index (χ3n) is 1.23. The fourth-order valence-corrected chi connectivity index (χ4v) is 0.964. The van der Waals surface area contributed by atoms with Crippen LogP contribution in [0.15, 0.2) is 12.1 Å². The lowest BCUT2D eigenvalue weighted by molar-refractivity contribution is 1.04. The molecule has 0 amide bonds. The molecular weight excluding hydrogens is 194 g/mol. The van der Waals surface area contributed by atoms with Crippen molar-refractivity contribution in [2.75, 3.05) is 11.5 Å². The van der Waals surface area contributed by atoms with Gasteiger partial charge >= 0.3 is 0 Å². The molecular formula is C7H8ClN3S. The van der Waals surface area contributed by atoms with E-state index in [1.54, 1.807) is 6.07 Å². The van der Waals surface area contributed by atoms with Gasteiger partial charge in [0, 0.05) is 11.3 Å². The highest BCUT2D eigenvalue weighted by atomic mass is 35.5. The first-order valence-electron chi connectivity index (χ1n) is 3.30. The maximum Gasteiger partial charge on any atom is 0.153 e. The summed E-state index contributed by atoms with van der Waals surface area (Å²) in [6, 6.07) is 1.66. The van der Waals surface area contributed by atoms with Crippen LogP contribution in [-0.4, -0.2) is 16.0 Å². The van der Waals surface area contributed by atoms with E-state index < -0.39 is 0 Å². The zero-order valence-electron chi connectivity index (χ0n) is 6.24. The molecule has 0 unspecified atom stereocenters. The van der Waals surface area contributed by atoms with Crippen molar-refractivity contribution < 1.29 is 0 Å². The van der Waals surface area contributed by atoms with E-state index in [9.17, 15) is 0 Å². The van der Waals surface area contributed by atoms with Crippen molar-refractivity contribution in [1.29, 1.82) is 0 Å². The van der Waals surface area contributed by atoms with E-state index in [0.29, 0.717) is 16.7 Å². The molecule has 1 rings (SSSR count). The second-order valence-corrected chi connectivity index (χ2v) is 2.84. The molecule has 0 aromatic carbocycles. The zero-order chi connectivity index (χ0) is 8.97. The van der Waals surface area contributed by atoms with Gasteiger partial charge in [0.05, 0.1) is 0 Å². The van der Waals surface area contributed by atoms with Crippen molar-refractivity contribution in [3.05, 3.63) is 22.9 Å². The highest BCUT2D eigenvalue weighted by Gasteiger charge is 1.97. The van der Waals surface area contributed by atoms with E-state index in [1.807, 2.05) is 12.2 Å². The summed E-state index contributed by atoms with van der Waals surface area (Å²) < 4.78 is 0. The van der Waals surface area contributed by atoms with Crippen LogP contribution in [0.5, 0.6) is 0 Å². The van der Waals surface area contributed by atoms with Crippen LogP contribution in [0, 0.1) is 0 Å². The molecule has 64 valence electrons. The maximum absolute atomic E-state index is 5.61. The largest absolute Gasteiger partial charge is 0.382 e. The Morgan fingerprint density at radius 1 is 1.58 bits per heavy atom. The van der Waals surface area contributed by atoms with E-state index in [0.717, 1.165) is 5.56 Å². The van der Waals surface area contributed by atoms with Crippen molar-refractivity contribution >= 4 is 36.1 Å². The molecule has 0 radical (unpaired) electrons. The van der Waals surface area contributed by atoms with Gasteiger partial charge in [0.15, 0.2) is 11.0 Å². The van der Waals surface area contributed by atoms with Gasteiger partial charge in [0.25, 0.3) is 0 Å². The van der Waals surface area contributed by atoms with Crippen molar-refractivity contribution in [3.63, 3.8) is 0 Å². The third-order valence-corrected chi connectivity index (χ3v) is 1.62. The van der Waals surface area contributed by atoms with E-state index in [1.165, 1.54) is 0 Å². The molecule has 5 heteroatoms. The monoisotopic (exact) mass is 201 g/mol. The molecule has 3 nitrogen and oxygen atoms in total. The molecule has 2 N–H and O–H groups in total. The number of hydrogen-bond donors (Lipinski definition) is 2. The van der Waals surface area contributed by atoms with Gasteiger partial charge < -0.3 is 5.73 Å². The van der Waals surface area contributed by atoms with Crippen LogP contribution in [0.4, 0.5) is 5.82 Å². The number of anilines is 1. The Morgan fingerprint density at radius 2 is 2.33 bits per heavy atom. The molecule has 12 heavy (non-hydrogen) atoms. The summed E-state index contributed by atoms with van der Waals surface area (Å²) in [7, 11) is 0. The average Bonchev–Trinajstić information content (AvgIpc) is 2.07. The fraction of sp³-hybridized carbons (Fsp3) is 0.143. The second kappa shape index (κ2) is 4.33. The Kier molecular flexibility index (Phi) is 3.37. The van der Waals surface area contributed by atoms with Crippen molar-refractivity contribution in [1.82, 2.24) is 10.2 Å². The Labute approximate surface area is 81.0 Å². The lowest BCUT2D eigenvalue weighted by atomic mass is 10.2. The van der Waals surface area contributed by atoms with Crippen LogP contribution in [0.3, 0.4) is 0 Å². The quantitative estimate of drug-likeness (QED) is 0.716. The number of hydrogen-bond acceptors (Lipinski definition) is 4. The molecule has 0 aliphatic heterocycles. The first kappa shape index (κ1) is 9.35. The van der Waals surface area contributed by atoms with Crippen LogP contribution in [0.2, 0.25) is 5.15 Å². The van der Waals surface area contributed by atoms with E-state index in [2.05, 4.69) is 22.8 Å². The first-order valence-corrected chi connectivity index (χ1v) is 4.31. The maximum atomic E-state index is 5.61. The van der Waals surface area contributed by atoms with Crippen molar-refractivity contribution in [3.8, 4) is 0 Å². The summed E-state index contributed by atoms with van der Waals surface area (Å²) >= 11 is 9.63. The first-order chi connectivity index (χ1) is 5.74. The number of nitrogens with two attached hydrogens (primary N) is 1. The van der Waals surface area contributed by atoms with Crippen molar-refractivity contribution in [2.24, 2.45) is 0 Å². The number of nitrogens with zero attached hydrogens (tertiary/aromatic N) is 2. The Bertz CT molecular complexity index is 301. The molecule has 0 aliphatic rings. The van der Waals surface area contributed by atoms with Gasteiger partial charge in [-0.1, -0.05) is 23.8 Å². The van der Waals surface area contributed by atoms with Gasteiger partial charge in [-0.3, -0.25) is 0 Å². The number of nitrogen functional groups attached to an aromatic ring is 1. The summed E-state index contributed by atoms with van der Waals surface area (Å²) in [5.41, 5.74) is 6.29. The normalized spacial score (nSPS) is 10.8. The molecule has 0 saturated heterocycles. The predicted octanol–water partition coefficient (Wildman–Crippen LogP) is 1.66. The molecule has 0 spiro atoms. The minimum Gasteiger partial charge on any atom is -0.382 e. The average molecular weight is 202 g/mol. The summed E-state index contributed by atoms with van der Waals surface area (Å²) in [6.45, 7) is 0. The Hall–Kier alpha value is -0.740. The van der Waals surface area contributed by atoms with Crippen LogP contribution < -0.4 is 5.73 Å². The molecule has 0 saturated carbocycles. The van der Waals surface area contributed by atoms with Gasteiger partial charge in [0.2, 0.25) is 0 Å². The number of rotatable bonds is 2. The number of thiol groups is 1. The van der Waals surface area contributed by atoms with Gasteiger partial charge in [0.1, 0.15) is 0 Å². The summed E-state index contributed by atoms with van der Waals surface area (Å²) in [4.78, 5) is 0. The minimum atomic E-state index is 0.336. The van der Waals surface area contributed by atoms with Crippen LogP contribution in [0.25, 0.3) is 6.08 Å². The third kappa shape index (κ3) is 2.39. The van der Waals surface area contributed by atoms with Crippen LogP contribution in [-0.2, 0) is 0 Å². The van der Waals surface area contributed by atoms with Gasteiger partial charge in [-0.15, -0.1) is 10.2 Å². The highest BCUT2D eigenvalue weighted by Crippen LogP contribution is 2.13. The van der Waals surface area contributed by atoms with Crippen LogP contribution in [0.1, 0.15) is 5.56 Å². The molecule has 1 heterocycles. The van der Waals surface area contributed by atoms with E-state index >= 15 is 0 Å². The molecule has 0 fully saturated rings. The lowest BCUT2D eigenvalue weighted by Crippen LogP contribution is -1.96. The summed E-state index contributed by atoms with van der Waals surface area (Å²) in [5, 5.41) is 7.57. The lowest BCUT2D eigenvalue weighted by Gasteiger charge is -1.96.